The Morgan fingerprint density at radius 1 is 1.71 bits per heavy atom. The highest BCUT2D eigenvalue weighted by Crippen LogP contribution is 2.32. The Kier molecular flexibility index (Phi) is 3.04. The van der Waals surface area contributed by atoms with Crippen molar-refractivity contribution in [2.24, 2.45) is 0 Å². The Morgan fingerprint density at radius 2 is 2.47 bits per heavy atom. The molecule has 2 unspecified atom stereocenters. The summed E-state index contributed by atoms with van der Waals surface area (Å²) >= 11 is 0. The van der Waals surface area contributed by atoms with Gasteiger partial charge in [-0.25, -0.2) is 4.79 Å². The number of carboxylic acid groups (broad SMARTS) is 1. The van der Waals surface area contributed by atoms with Crippen molar-refractivity contribution in [3.8, 4) is 11.5 Å². The average molecular weight is 234 g/mol. The van der Waals surface area contributed by atoms with E-state index in [2.05, 4.69) is 6.58 Å². The highest BCUT2D eigenvalue weighted by Gasteiger charge is 2.28. The van der Waals surface area contributed by atoms with Crippen molar-refractivity contribution in [3.05, 3.63) is 36.4 Å². The molecule has 1 aromatic carbocycles. The van der Waals surface area contributed by atoms with Gasteiger partial charge in [-0.2, -0.15) is 0 Å². The number of hydrogen-bond acceptors (Lipinski definition) is 3. The van der Waals surface area contributed by atoms with Crippen molar-refractivity contribution in [2.75, 3.05) is 0 Å². The van der Waals surface area contributed by atoms with Crippen molar-refractivity contribution in [1.29, 1.82) is 0 Å². The molecule has 17 heavy (non-hydrogen) atoms. The number of carbonyl (C=O) groups is 1. The standard InChI is InChI=1S/C13H14O4/c1-3-8(2)16-10-5-4-9-6-12(13(14)15)17-11(9)7-10/h3-5,7-8,12H,1,6H2,2H3,(H,14,15). The molecular weight excluding hydrogens is 220 g/mol. The van der Waals surface area contributed by atoms with Crippen molar-refractivity contribution >= 4 is 5.97 Å². The van der Waals surface area contributed by atoms with Crippen LogP contribution in [-0.2, 0) is 11.2 Å². The minimum atomic E-state index is -0.942. The number of fused-ring (bicyclic) bond motifs is 1. The Labute approximate surface area is 99.5 Å². The number of carboxylic acids is 1. The minimum absolute atomic E-state index is 0.0928. The molecule has 0 radical (unpaired) electrons. The van der Waals surface area contributed by atoms with Crippen molar-refractivity contribution in [3.63, 3.8) is 0 Å². The normalized spacial score (nSPS) is 19.0. The Morgan fingerprint density at radius 3 is 3.12 bits per heavy atom. The maximum atomic E-state index is 10.8. The van der Waals surface area contributed by atoms with Gasteiger partial charge in [0.2, 0.25) is 0 Å². The van der Waals surface area contributed by atoms with Gasteiger partial charge in [-0.05, 0) is 18.6 Å². The Bertz CT molecular complexity index is 453. The van der Waals surface area contributed by atoms with Gasteiger partial charge in [0, 0.05) is 12.5 Å². The zero-order valence-electron chi connectivity index (χ0n) is 9.55. The zero-order valence-corrected chi connectivity index (χ0v) is 9.55. The summed E-state index contributed by atoms with van der Waals surface area (Å²) < 4.78 is 10.9. The van der Waals surface area contributed by atoms with Crippen molar-refractivity contribution in [1.82, 2.24) is 0 Å². The molecule has 1 aliphatic rings. The SMILES string of the molecule is C=CC(C)Oc1ccc2c(c1)OC(C(=O)O)C2. The van der Waals surface area contributed by atoms with Crippen LogP contribution in [0.3, 0.4) is 0 Å². The van der Waals surface area contributed by atoms with Gasteiger partial charge in [-0.15, -0.1) is 0 Å². The topological polar surface area (TPSA) is 55.8 Å². The smallest absolute Gasteiger partial charge is 0.345 e. The summed E-state index contributed by atoms with van der Waals surface area (Å²) in [6.45, 7) is 5.51. The number of benzene rings is 1. The molecule has 1 N–H and O–H groups in total. The van der Waals surface area contributed by atoms with E-state index in [0.29, 0.717) is 17.9 Å². The van der Waals surface area contributed by atoms with Crippen molar-refractivity contribution < 1.29 is 19.4 Å². The van der Waals surface area contributed by atoms with Crippen LogP contribution in [-0.4, -0.2) is 23.3 Å². The largest absolute Gasteiger partial charge is 0.487 e. The van der Waals surface area contributed by atoms with Gasteiger partial charge in [-0.3, -0.25) is 0 Å². The molecule has 2 rings (SSSR count). The summed E-state index contributed by atoms with van der Waals surface area (Å²) in [5, 5.41) is 8.87. The highest BCUT2D eigenvalue weighted by atomic mass is 16.5. The van der Waals surface area contributed by atoms with Crippen LogP contribution in [0.15, 0.2) is 30.9 Å². The summed E-state index contributed by atoms with van der Waals surface area (Å²) in [7, 11) is 0. The van der Waals surface area contributed by atoms with E-state index in [4.69, 9.17) is 14.6 Å². The molecule has 0 aliphatic carbocycles. The maximum Gasteiger partial charge on any atom is 0.345 e. The van der Waals surface area contributed by atoms with E-state index >= 15 is 0 Å². The second kappa shape index (κ2) is 4.49. The molecule has 0 spiro atoms. The first-order valence-corrected chi connectivity index (χ1v) is 5.41. The lowest BCUT2D eigenvalue weighted by Gasteiger charge is -2.11. The summed E-state index contributed by atoms with van der Waals surface area (Å²) in [6, 6.07) is 5.37. The number of rotatable bonds is 4. The highest BCUT2D eigenvalue weighted by molar-refractivity contribution is 5.74. The van der Waals surface area contributed by atoms with Gasteiger partial charge < -0.3 is 14.6 Å². The second-order valence-electron chi connectivity index (χ2n) is 3.98. The molecule has 0 saturated heterocycles. The van der Waals surface area contributed by atoms with Crippen LogP contribution in [0.2, 0.25) is 0 Å². The summed E-state index contributed by atoms with van der Waals surface area (Å²) in [5.41, 5.74) is 0.899. The van der Waals surface area contributed by atoms with E-state index in [9.17, 15) is 4.79 Å². The second-order valence-corrected chi connectivity index (χ2v) is 3.98. The van der Waals surface area contributed by atoms with Crippen LogP contribution in [0.4, 0.5) is 0 Å². The molecule has 0 amide bonds. The quantitative estimate of drug-likeness (QED) is 0.810. The molecule has 2 atom stereocenters. The first-order valence-electron chi connectivity index (χ1n) is 5.41. The first kappa shape index (κ1) is 11.5. The van der Waals surface area contributed by atoms with Crippen molar-refractivity contribution in [2.45, 2.75) is 25.6 Å². The number of hydrogen-bond donors (Lipinski definition) is 1. The van der Waals surface area contributed by atoms with Crippen LogP contribution in [0.25, 0.3) is 0 Å². The number of aliphatic carboxylic acids is 1. The van der Waals surface area contributed by atoms with Crippen LogP contribution < -0.4 is 9.47 Å². The van der Waals surface area contributed by atoms with E-state index in [0.717, 1.165) is 5.56 Å². The van der Waals surface area contributed by atoms with Crippen LogP contribution in [0.5, 0.6) is 11.5 Å². The Balaban J connectivity index is 2.15. The lowest BCUT2D eigenvalue weighted by molar-refractivity contribution is -0.144. The lowest BCUT2D eigenvalue weighted by Crippen LogP contribution is -2.24. The van der Waals surface area contributed by atoms with E-state index in [1.54, 1.807) is 12.1 Å². The summed E-state index contributed by atoms with van der Waals surface area (Å²) in [5.74, 6) is 0.302. The third-order valence-electron chi connectivity index (χ3n) is 2.64. The van der Waals surface area contributed by atoms with E-state index in [1.165, 1.54) is 0 Å². The van der Waals surface area contributed by atoms with E-state index in [1.807, 2.05) is 19.1 Å². The monoisotopic (exact) mass is 234 g/mol. The van der Waals surface area contributed by atoms with Crippen LogP contribution >= 0.6 is 0 Å². The lowest BCUT2D eigenvalue weighted by atomic mass is 10.1. The van der Waals surface area contributed by atoms with Gasteiger partial charge in [0.15, 0.2) is 6.10 Å². The summed E-state index contributed by atoms with van der Waals surface area (Å²) in [4.78, 5) is 10.8. The average Bonchev–Trinajstić information content (AvgIpc) is 2.72. The molecule has 90 valence electrons. The minimum Gasteiger partial charge on any atom is -0.487 e. The maximum absolute atomic E-state index is 10.8. The van der Waals surface area contributed by atoms with Gasteiger partial charge in [0.25, 0.3) is 0 Å². The predicted molar refractivity (Wildman–Crippen MR) is 62.5 cm³/mol. The summed E-state index contributed by atoms with van der Waals surface area (Å²) in [6.07, 6.45) is 1.22. The van der Waals surface area contributed by atoms with Crippen LogP contribution in [0, 0.1) is 0 Å². The van der Waals surface area contributed by atoms with Gasteiger partial charge in [0.1, 0.15) is 17.6 Å². The third kappa shape index (κ3) is 2.41. The zero-order chi connectivity index (χ0) is 12.4. The fourth-order valence-corrected chi connectivity index (χ4v) is 1.68. The molecule has 0 bridgehead atoms. The van der Waals surface area contributed by atoms with Crippen LogP contribution in [0.1, 0.15) is 12.5 Å². The van der Waals surface area contributed by atoms with E-state index < -0.39 is 12.1 Å². The molecule has 0 saturated carbocycles. The Hall–Kier alpha value is -1.97. The first-order chi connectivity index (χ1) is 8.10. The van der Waals surface area contributed by atoms with E-state index in [-0.39, 0.29) is 6.10 Å². The third-order valence-corrected chi connectivity index (χ3v) is 2.64. The molecule has 1 aliphatic heterocycles. The molecule has 4 heteroatoms. The molecule has 1 aromatic rings. The molecule has 4 nitrogen and oxygen atoms in total. The molecule has 0 aromatic heterocycles. The van der Waals surface area contributed by atoms with Gasteiger partial charge >= 0.3 is 5.97 Å². The number of ether oxygens (including phenoxy) is 2. The molecule has 1 heterocycles. The predicted octanol–water partition coefficient (Wildman–Crippen LogP) is 2.03. The fraction of sp³-hybridized carbons (Fsp3) is 0.308. The molecular formula is C13H14O4. The fourth-order valence-electron chi connectivity index (χ4n) is 1.68. The van der Waals surface area contributed by atoms with Gasteiger partial charge in [0.05, 0.1) is 0 Å². The molecule has 0 fully saturated rings. The van der Waals surface area contributed by atoms with Gasteiger partial charge in [-0.1, -0.05) is 18.7 Å².